The van der Waals surface area contributed by atoms with Crippen molar-refractivity contribution in [3.63, 3.8) is 0 Å². The second-order valence-corrected chi connectivity index (χ2v) is 11.2. The number of rotatable bonds is 5. The van der Waals surface area contributed by atoms with Crippen LogP contribution < -0.4 is 4.90 Å². The highest BCUT2D eigenvalue weighted by molar-refractivity contribution is 7.89. The molecule has 31 heavy (non-hydrogen) atoms. The lowest BCUT2D eigenvalue weighted by Crippen LogP contribution is -2.48. The molecule has 0 unspecified atom stereocenters. The number of aryl methyl sites for hydroxylation is 4. The van der Waals surface area contributed by atoms with Crippen LogP contribution in [0.3, 0.4) is 0 Å². The Labute approximate surface area is 189 Å². The van der Waals surface area contributed by atoms with Crippen LogP contribution in [-0.4, -0.2) is 43.9 Å². The number of benzene rings is 2. The molecule has 0 saturated carbocycles. The maximum absolute atomic E-state index is 12.9. The quantitative estimate of drug-likeness (QED) is 0.569. The van der Waals surface area contributed by atoms with Crippen molar-refractivity contribution in [3.8, 4) is 0 Å². The van der Waals surface area contributed by atoms with Gasteiger partial charge in [0.1, 0.15) is 0 Å². The molecule has 7 heteroatoms. The lowest BCUT2D eigenvalue weighted by molar-refractivity contribution is 0.384. The molecule has 1 fully saturated rings. The van der Waals surface area contributed by atoms with Gasteiger partial charge in [0, 0.05) is 38.0 Å². The number of sulfonamides is 1. The summed E-state index contributed by atoms with van der Waals surface area (Å²) in [6.45, 7) is 10.7. The minimum Gasteiger partial charge on any atom is -0.345 e. The van der Waals surface area contributed by atoms with E-state index < -0.39 is 10.0 Å². The highest BCUT2D eigenvalue weighted by Crippen LogP contribution is 2.27. The molecule has 0 amide bonds. The van der Waals surface area contributed by atoms with E-state index in [-0.39, 0.29) is 0 Å². The molecule has 1 aliphatic rings. The Balaban J connectivity index is 1.42. The fraction of sp³-hybridized carbons (Fsp3) is 0.375. The number of thiazole rings is 1. The van der Waals surface area contributed by atoms with Crippen molar-refractivity contribution in [3.05, 3.63) is 75.3 Å². The standard InChI is InChI=1S/C24H29N3O2S2/c1-17-5-7-22(8-6-17)31(28,29)27-11-9-26(10-12-27)24-25-21(16-30-24)15-23-19(3)13-18(2)14-20(23)4/h5-8,13-14,16H,9-12,15H2,1-4H3. The van der Waals surface area contributed by atoms with Gasteiger partial charge in [0.25, 0.3) is 0 Å². The third kappa shape index (κ3) is 4.68. The van der Waals surface area contributed by atoms with E-state index in [2.05, 4.69) is 43.2 Å². The van der Waals surface area contributed by atoms with E-state index in [9.17, 15) is 8.42 Å². The van der Waals surface area contributed by atoms with Crippen molar-refractivity contribution in [1.82, 2.24) is 9.29 Å². The van der Waals surface area contributed by atoms with Gasteiger partial charge in [0.15, 0.2) is 5.13 Å². The summed E-state index contributed by atoms with van der Waals surface area (Å²) < 4.78 is 27.4. The molecule has 1 aliphatic heterocycles. The highest BCUT2D eigenvalue weighted by Gasteiger charge is 2.29. The zero-order valence-corrected chi connectivity index (χ0v) is 20.2. The molecule has 0 aliphatic carbocycles. The Hall–Kier alpha value is -2.22. The van der Waals surface area contributed by atoms with Gasteiger partial charge in [0.2, 0.25) is 10.0 Å². The molecule has 0 radical (unpaired) electrons. The van der Waals surface area contributed by atoms with Crippen molar-refractivity contribution in [2.24, 2.45) is 0 Å². The minimum atomic E-state index is -3.44. The second-order valence-electron chi connectivity index (χ2n) is 8.38. The first-order chi connectivity index (χ1) is 14.7. The Morgan fingerprint density at radius 3 is 2.13 bits per heavy atom. The van der Waals surface area contributed by atoms with Gasteiger partial charge in [-0.05, 0) is 56.5 Å². The molecule has 0 spiro atoms. The average Bonchev–Trinajstić information content (AvgIpc) is 3.20. The summed E-state index contributed by atoms with van der Waals surface area (Å²) in [6.07, 6.45) is 0.830. The van der Waals surface area contributed by atoms with Gasteiger partial charge in [-0.2, -0.15) is 4.31 Å². The van der Waals surface area contributed by atoms with Crippen molar-refractivity contribution >= 4 is 26.5 Å². The van der Waals surface area contributed by atoms with Gasteiger partial charge in [-0.25, -0.2) is 13.4 Å². The van der Waals surface area contributed by atoms with Crippen LogP contribution in [0.4, 0.5) is 5.13 Å². The smallest absolute Gasteiger partial charge is 0.243 e. The summed E-state index contributed by atoms with van der Waals surface area (Å²) in [5.41, 5.74) is 7.38. The van der Waals surface area contributed by atoms with Gasteiger partial charge in [-0.15, -0.1) is 11.3 Å². The molecule has 1 saturated heterocycles. The predicted octanol–water partition coefficient (Wildman–Crippen LogP) is 4.48. The number of nitrogens with zero attached hydrogens (tertiary/aromatic N) is 3. The number of hydrogen-bond acceptors (Lipinski definition) is 5. The van der Waals surface area contributed by atoms with Crippen LogP contribution in [0.15, 0.2) is 46.7 Å². The number of hydrogen-bond donors (Lipinski definition) is 0. The number of aromatic nitrogens is 1. The Bertz CT molecular complexity index is 1150. The van der Waals surface area contributed by atoms with E-state index in [1.54, 1.807) is 27.8 Å². The zero-order chi connectivity index (χ0) is 22.2. The average molecular weight is 456 g/mol. The molecule has 4 rings (SSSR count). The Kier molecular flexibility index (Phi) is 6.19. The van der Waals surface area contributed by atoms with Gasteiger partial charge in [-0.3, -0.25) is 0 Å². The van der Waals surface area contributed by atoms with Crippen LogP contribution in [-0.2, 0) is 16.4 Å². The maximum Gasteiger partial charge on any atom is 0.243 e. The first kappa shape index (κ1) is 22.0. The Morgan fingerprint density at radius 1 is 0.903 bits per heavy atom. The molecular weight excluding hydrogens is 426 g/mol. The van der Waals surface area contributed by atoms with Gasteiger partial charge < -0.3 is 4.90 Å². The summed E-state index contributed by atoms with van der Waals surface area (Å²) in [7, 11) is -3.44. The molecule has 2 heterocycles. The molecular formula is C24H29N3O2S2. The summed E-state index contributed by atoms with van der Waals surface area (Å²) in [5, 5.41) is 3.11. The third-order valence-corrected chi connectivity index (χ3v) is 8.77. The van der Waals surface area contributed by atoms with E-state index in [0.717, 1.165) is 22.8 Å². The molecule has 0 bridgehead atoms. The second kappa shape index (κ2) is 8.73. The van der Waals surface area contributed by atoms with Crippen LogP contribution in [0.2, 0.25) is 0 Å². The Morgan fingerprint density at radius 2 is 1.52 bits per heavy atom. The van der Waals surface area contributed by atoms with E-state index in [4.69, 9.17) is 4.98 Å². The van der Waals surface area contributed by atoms with Crippen LogP contribution in [0.1, 0.15) is 33.5 Å². The van der Waals surface area contributed by atoms with Crippen molar-refractivity contribution in [2.45, 2.75) is 39.0 Å². The molecule has 0 N–H and O–H groups in total. The molecule has 0 atom stereocenters. The van der Waals surface area contributed by atoms with Gasteiger partial charge in [-0.1, -0.05) is 35.4 Å². The topological polar surface area (TPSA) is 53.5 Å². The predicted molar refractivity (Wildman–Crippen MR) is 128 cm³/mol. The molecule has 164 valence electrons. The lowest BCUT2D eigenvalue weighted by atomic mass is 9.96. The first-order valence-corrected chi connectivity index (χ1v) is 12.9. The lowest BCUT2D eigenvalue weighted by Gasteiger charge is -2.33. The fourth-order valence-electron chi connectivity index (χ4n) is 4.17. The summed E-state index contributed by atoms with van der Waals surface area (Å²) in [4.78, 5) is 7.43. The number of anilines is 1. The van der Waals surface area contributed by atoms with E-state index in [1.807, 2.05) is 19.1 Å². The van der Waals surface area contributed by atoms with Crippen LogP contribution in [0.25, 0.3) is 0 Å². The first-order valence-electron chi connectivity index (χ1n) is 10.6. The van der Waals surface area contributed by atoms with Gasteiger partial charge >= 0.3 is 0 Å². The normalized spacial score (nSPS) is 15.4. The minimum absolute atomic E-state index is 0.368. The molecule has 5 nitrogen and oxygen atoms in total. The van der Waals surface area contributed by atoms with E-state index in [0.29, 0.717) is 31.1 Å². The summed E-state index contributed by atoms with van der Waals surface area (Å²) >= 11 is 1.64. The van der Waals surface area contributed by atoms with Crippen molar-refractivity contribution in [2.75, 3.05) is 31.1 Å². The van der Waals surface area contributed by atoms with Crippen molar-refractivity contribution in [1.29, 1.82) is 0 Å². The third-order valence-electron chi connectivity index (χ3n) is 5.91. The summed E-state index contributed by atoms with van der Waals surface area (Å²) in [5.74, 6) is 0. The largest absolute Gasteiger partial charge is 0.345 e. The van der Waals surface area contributed by atoms with Gasteiger partial charge in [0.05, 0.1) is 10.6 Å². The van der Waals surface area contributed by atoms with Crippen LogP contribution >= 0.6 is 11.3 Å². The highest BCUT2D eigenvalue weighted by atomic mass is 32.2. The SMILES string of the molecule is Cc1ccc(S(=O)(=O)N2CCN(c3nc(Cc4c(C)cc(C)cc4C)cs3)CC2)cc1. The van der Waals surface area contributed by atoms with E-state index in [1.165, 1.54) is 22.3 Å². The molecule has 1 aromatic heterocycles. The summed E-state index contributed by atoms with van der Waals surface area (Å²) in [6, 6.07) is 11.5. The van der Waals surface area contributed by atoms with E-state index >= 15 is 0 Å². The zero-order valence-electron chi connectivity index (χ0n) is 18.6. The van der Waals surface area contributed by atoms with Crippen LogP contribution in [0, 0.1) is 27.7 Å². The maximum atomic E-state index is 12.9. The molecule has 3 aromatic rings. The number of piperazine rings is 1. The van der Waals surface area contributed by atoms with Crippen molar-refractivity contribution < 1.29 is 8.42 Å². The molecule has 2 aromatic carbocycles. The van der Waals surface area contributed by atoms with Crippen LogP contribution in [0.5, 0.6) is 0 Å². The monoisotopic (exact) mass is 455 g/mol. The fourth-order valence-corrected chi connectivity index (χ4v) is 6.47.